The highest BCUT2D eigenvalue weighted by molar-refractivity contribution is 5.90. The SMILES string of the molecule is COC(=O)c1cc(F)c(-c2nc3cc(C)ccn3c2CC2CNCCCO2)c(F)c1. The number of nitrogens with zero attached hydrogens (tertiary/aromatic N) is 2. The number of fused-ring (bicyclic) bond motifs is 1. The predicted octanol–water partition coefficient (Wildman–Crippen LogP) is 3.30. The van der Waals surface area contributed by atoms with Crippen LogP contribution in [0.15, 0.2) is 30.5 Å². The Hall–Kier alpha value is -2.84. The Kier molecular flexibility index (Phi) is 5.78. The van der Waals surface area contributed by atoms with Gasteiger partial charge >= 0.3 is 5.97 Å². The van der Waals surface area contributed by atoms with Gasteiger partial charge in [-0.25, -0.2) is 18.6 Å². The number of hydrogen-bond donors (Lipinski definition) is 1. The van der Waals surface area contributed by atoms with Crippen LogP contribution in [-0.2, 0) is 15.9 Å². The molecule has 1 aliphatic rings. The molecule has 0 aliphatic carbocycles. The van der Waals surface area contributed by atoms with Gasteiger partial charge in [0, 0.05) is 25.8 Å². The molecule has 4 rings (SSSR count). The number of rotatable bonds is 4. The lowest BCUT2D eigenvalue weighted by Crippen LogP contribution is -2.28. The Morgan fingerprint density at radius 1 is 1.33 bits per heavy atom. The van der Waals surface area contributed by atoms with Crippen LogP contribution in [0.25, 0.3) is 16.9 Å². The van der Waals surface area contributed by atoms with Crippen LogP contribution in [-0.4, -0.2) is 48.3 Å². The smallest absolute Gasteiger partial charge is 0.338 e. The van der Waals surface area contributed by atoms with Gasteiger partial charge in [0.2, 0.25) is 0 Å². The summed E-state index contributed by atoms with van der Waals surface area (Å²) in [6, 6.07) is 5.74. The minimum atomic E-state index is -0.864. The second kappa shape index (κ2) is 8.49. The quantitative estimate of drug-likeness (QED) is 0.663. The summed E-state index contributed by atoms with van der Waals surface area (Å²) in [5, 5.41) is 3.32. The zero-order valence-electron chi connectivity index (χ0n) is 16.9. The van der Waals surface area contributed by atoms with Gasteiger partial charge in [-0.3, -0.25) is 0 Å². The molecule has 1 aromatic carbocycles. The van der Waals surface area contributed by atoms with E-state index in [0.29, 0.717) is 30.9 Å². The number of hydrogen-bond acceptors (Lipinski definition) is 5. The maximum absolute atomic E-state index is 15.0. The number of imidazole rings is 1. The fourth-order valence-electron chi connectivity index (χ4n) is 3.74. The molecule has 8 heteroatoms. The van der Waals surface area contributed by atoms with Gasteiger partial charge < -0.3 is 19.2 Å². The Labute approximate surface area is 172 Å². The fraction of sp³-hybridized carbons (Fsp3) is 0.364. The van der Waals surface area contributed by atoms with Gasteiger partial charge in [-0.15, -0.1) is 0 Å². The highest BCUT2D eigenvalue weighted by Gasteiger charge is 2.25. The Morgan fingerprint density at radius 2 is 2.10 bits per heavy atom. The van der Waals surface area contributed by atoms with E-state index in [1.54, 1.807) is 0 Å². The molecule has 1 aliphatic heterocycles. The summed E-state index contributed by atoms with van der Waals surface area (Å²) in [6.07, 6.45) is 3.05. The summed E-state index contributed by atoms with van der Waals surface area (Å²) in [7, 11) is 1.16. The van der Waals surface area contributed by atoms with Crippen molar-refractivity contribution in [1.29, 1.82) is 0 Å². The topological polar surface area (TPSA) is 64.9 Å². The summed E-state index contributed by atoms with van der Waals surface area (Å²) in [5.74, 6) is -2.53. The zero-order valence-corrected chi connectivity index (χ0v) is 16.9. The number of esters is 1. The molecular formula is C22H23F2N3O3. The van der Waals surface area contributed by atoms with Crippen molar-refractivity contribution in [2.45, 2.75) is 25.9 Å². The number of pyridine rings is 1. The van der Waals surface area contributed by atoms with Crippen molar-refractivity contribution in [2.24, 2.45) is 0 Å². The standard InChI is InChI=1S/C22H23F2N3O3/c1-13-4-6-27-18(11-15-12-25-5-3-7-30-15)21(26-19(27)8-13)20-16(23)9-14(10-17(20)24)22(28)29-2/h4,6,8-10,15,25H,3,5,7,11-12H2,1-2H3. The van der Waals surface area contributed by atoms with E-state index in [2.05, 4.69) is 15.0 Å². The van der Waals surface area contributed by atoms with Crippen LogP contribution >= 0.6 is 0 Å². The molecule has 1 fully saturated rings. The van der Waals surface area contributed by atoms with E-state index in [4.69, 9.17) is 4.74 Å². The van der Waals surface area contributed by atoms with Crippen molar-refractivity contribution in [1.82, 2.24) is 14.7 Å². The number of benzene rings is 1. The van der Waals surface area contributed by atoms with Gasteiger partial charge in [0.15, 0.2) is 0 Å². The number of carbonyl (C=O) groups is 1. The van der Waals surface area contributed by atoms with E-state index in [1.165, 1.54) is 0 Å². The van der Waals surface area contributed by atoms with E-state index in [9.17, 15) is 13.6 Å². The first-order chi connectivity index (χ1) is 14.5. The lowest BCUT2D eigenvalue weighted by molar-refractivity contribution is 0.0599. The highest BCUT2D eigenvalue weighted by atomic mass is 19.1. The second-order valence-electron chi connectivity index (χ2n) is 7.40. The number of aryl methyl sites for hydroxylation is 1. The Balaban J connectivity index is 1.85. The molecule has 3 aromatic rings. The molecular weight excluding hydrogens is 392 g/mol. The molecule has 2 aromatic heterocycles. The van der Waals surface area contributed by atoms with Crippen molar-refractivity contribution in [3.05, 3.63) is 58.9 Å². The van der Waals surface area contributed by atoms with Gasteiger partial charge in [0.1, 0.15) is 17.3 Å². The van der Waals surface area contributed by atoms with E-state index < -0.39 is 17.6 Å². The van der Waals surface area contributed by atoms with Crippen molar-refractivity contribution in [3.63, 3.8) is 0 Å². The molecule has 30 heavy (non-hydrogen) atoms. The molecule has 0 amide bonds. The normalized spacial score (nSPS) is 17.1. The van der Waals surface area contributed by atoms with E-state index in [0.717, 1.165) is 37.8 Å². The van der Waals surface area contributed by atoms with Crippen LogP contribution in [0.3, 0.4) is 0 Å². The fourth-order valence-corrected chi connectivity index (χ4v) is 3.74. The number of carbonyl (C=O) groups excluding carboxylic acids is 1. The van der Waals surface area contributed by atoms with Gasteiger partial charge in [0.05, 0.1) is 35.7 Å². The number of ether oxygens (including phenoxy) is 2. The number of halogens is 2. The molecule has 0 bridgehead atoms. The Bertz CT molecular complexity index is 1070. The van der Waals surface area contributed by atoms with Crippen LogP contribution < -0.4 is 5.32 Å². The lowest BCUT2D eigenvalue weighted by Gasteiger charge is -2.16. The third kappa shape index (κ3) is 3.93. The van der Waals surface area contributed by atoms with Crippen LogP contribution in [0, 0.1) is 18.6 Å². The first-order valence-electron chi connectivity index (χ1n) is 9.85. The van der Waals surface area contributed by atoms with Gasteiger partial charge in [-0.1, -0.05) is 0 Å². The molecule has 6 nitrogen and oxygen atoms in total. The molecule has 3 heterocycles. The molecule has 0 radical (unpaired) electrons. The molecule has 1 saturated heterocycles. The molecule has 0 saturated carbocycles. The number of aromatic nitrogens is 2. The molecule has 0 spiro atoms. The lowest BCUT2D eigenvalue weighted by atomic mass is 10.0. The minimum Gasteiger partial charge on any atom is -0.465 e. The van der Waals surface area contributed by atoms with E-state index >= 15 is 0 Å². The van der Waals surface area contributed by atoms with Crippen LogP contribution in [0.2, 0.25) is 0 Å². The molecule has 1 unspecified atom stereocenters. The summed E-state index contributed by atoms with van der Waals surface area (Å²) < 4.78 is 42.3. The Morgan fingerprint density at radius 3 is 2.83 bits per heavy atom. The molecule has 1 atom stereocenters. The van der Waals surface area contributed by atoms with Crippen LogP contribution in [0.5, 0.6) is 0 Å². The van der Waals surface area contributed by atoms with Gasteiger partial charge in [0.25, 0.3) is 0 Å². The van der Waals surface area contributed by atoms with Crippen LogP contribution in [0.4, 0.5) is 8.78 Å². The van der Waals surface area contributed by atoms with Crippen molar-refractivity contribution >= 4 is 11.6 Å². The maximum Gasteiger partial charge on any atom is 0.338 e. The van der Waals surface area contributed by atoms with Crippen molar-refractivity contribution < 1.29 is 23.0 Å². The minimum absolute atomic E-state index is 0.145. The monoisotopic (exact) mass is 415 g/mol. The van der Waals surface area contributed by atoms with Gasteiger partial charge in [-0.05, 0) is 49.7 Å². The molecule has 1 N–H and O–H groups in total. The predicted molar refractivity (Wildman–Crippen MR) is 108 cm³/mol. The maximum atomic E-state index is 15.0. The number of nitrogens with one attached hydrogen (secondary N) is 1. The first-order valence-corrected chi connectivity index (χ1v) is 9.85. The summed E-state index contributed by atoms with van der Waals surface area (Å²) in [5.41, 5.74) is 1.99. The summed E-state index contributed by atoms with van der Waals surface area (Å²) in [6.45, 7) is 4.07. The van der Waals surface area contributed by atoms with Crippen molar-refractivity contribution in [3.8, 4) is 11.3 Å². The summed E-state index contributed by atoms with van der Waals surface area (Å²) >= 11 is 0. The summed E-state index contributed by atoms with van der Waals surface area (Å²) in [4.78, 5) is 16.2. The first kappa shape index (κ1) is 20.4. The average molecular weight is 415 g/mol. The average Bonchev–Trinajstić information content (AvgIpc) is 2.88. The third-order valence-electron chi connectivity index (χ3n) is 5.23. The highest BCUT2D eigenvalue weighted by Crippen LogP contribution is 2.32. The van der Waals surface area contributed by atoms with Gasteiger partial charge in [-0.2, -0.15) is 0 Å². The second-order valence-corrected chi connectivity index (χ2v) is 7.40. The molecule has 158 valence electrons. The van der Waals surface area contributed by atoms with Crippen molar-refractivity contribution in [2.75, 3.05) is 26.8 Å². The van der Waals surface area contributed by atoms with E-state index in [-0.39, 0.29) is 22.9 Å². The third-order valence-corrected chi connectivity index (χ3v) is 5.23. The zero-order chi connectivity index (χ0) is 21.3. The van der Waals surface area contributed by atoms with Crippen LogP contribution in [0.1, 0.15) is 28.0 Å². The number of methoxy groups -OCH3 is 1. The van der Waals surface area contributed by atoms with E-state index in [1.807, 2.05) is 29.7 Å². The largest absolute Gasteiger partial charge is 0.465 e.